The minimum atomic E-state index is -0.351. The monoisotopic (exact) mass is 506 g/mol. The van der Waals surface area contributed by atoms with Gasteiger partial charge in [-0.2, -0.15) is 0 Å². The van der Waals surface area contributed by atoms with Gasteiger partial charge in [0, 0.05) is 44.4 Å². The van der Waals surface area contributed by atoms with E-state index in [1.165, 1.54) is 17.7 Å². The Morgan fingerprint density at radius 2 is 1.97 bits per heavy atom. The van der Waals surface area contributed by atoms with Gasteiger partial charge in [-0.05, 0) is 38.6 Å². The van der Waals surface area contributed by atoms with Crippen molar-refractivity contribution in [1.29, 1.82) is 0 Å². The molecule has 2 aromatic carbocycles. The highest BCUT2D eigenvalue weighted by Crippen LogP contribution is 2.38. The molecule has 0 radical (unpaired) electrons. The summed E-state index contributed by atoms with van der Waals surface area (Å²) < 4.78 is 27.9. The molecule has 4 aromatic rings. The van der Waals surface area contributed by atoms with Gasteiger partial charge in [0.15, 0.2) is 5.82 Å². The third kappa shape index (κ3) is 4.31. The fourth-order valence-electron chi connectivity index (χ4n) is 4.68. The first-order valence-electron chi connectivity index (χ1n) is 12.1. The predicted molar refractivity (Wildman–Crippen MR) is 141 cm³/mol. The molecule has 2 saturated heterocycles. The number of nitrogens with one attached hydrogen (secondary N) is 1. The van der Waals surface area contributed by atoms with Gasteiger partial charge in [0.1, 0.15) is 29.4 Å². The number of rotatable bonds is 5. The smallest absolute Gasteiger partial charge is 0.166 e. The van der Waals surface area contributed by atoms with Crippen molar-refractivity contribution in [2.75, 3.05) is 50.1 Å². The minimum absolute atomic E-state index is 0.329. The van der Waals surface area contributed by atoms with E-state index < -0.39 is 0 Å². The van der Waals surface area contributed by atoms with E-state index in [9.17, 15) is 0 Å². The Morgan fingerprint density at radius 1 is 1.11 bits per heavy atom. The van der Waals surface area contributed by atoms with E-state index in [0.29, 0.717) is 39.5 Å². The third-order valence-corrected chi connectivity index (χ3v) is 7.56. The first kappa shape index (κ1) is 22.9. The number of aromatic nitrogens is 3. The van der Waals surface area contributed by atoms with Crippen molar-refractivity contribution in [3.63, 3.8) is 0 Å². The summed E-state index contributed by atoms with van der Waals surface area (Å²) in [6, 6.07) is 7.57. The summed E-state index contributed by atoms with van der Waals surface area (Å²) in [6.07, 6.45) is 3.33. The fourth-order valence-corrected chi connectivity index (χ4v) is 5.41. The molecule has 6 rings (SSSR count). The zero-order valence-electron chi connectivity index (χ0n) is 20.3. The molecule has 8 nitrogen and oxygen atoms in total. The second kappa shape index (κ2) is 9.51. The Hall–Kier alpha value is -3.50. The van der Waals surface area contributed by atoms with Crippen LogP contribution < -0.4 is 15.0 Å². The lowest BCUT2D eigenvalue weighted by Gasteiger charge is -2.34. The predicted octanol–water partition coefficient (Wildman–Crippen LogP) is 5.29. The molecule has 0 spiro atoms. The molecule has 2 aliphatic heterocycles. The number of allylic oxidation sites excluding steroid dienone is 2. The third-order valence-electron chi connectivity index (χ3n) is 6.73. The van der Waals surface area contributed by atoms with Gasteiger partial charge in [-0.3, -0.25) is 0 Å². The zero-order valence-corrected chi connectivity index (χ0v) is 21.1. The van der Waals surface area contributed by atoms with E-state index in [0.717, 1.165) is 61.7 Å². The van der Waals surface area contributed by atoms with Crippen molar-refractivity contribution in [1.82, 2.24) is 19.9 Å². The van der Waals surface area contributed by atoms with E-state index in [1.807, 2.05) is 13.0 Å². The average Bonchev–Trinajstić information content (AvgIpc) is 3.59. The molecule has 0 amide bonds. The van der Waals surface area contributed by atoms with Gasteiger partial charge in [-0.25, -0.2) is 19.3 Å². The van der Waals surface area contributed by atoms with Crippen LogP contribution in [0.1, 0.15) is 19.8 Å². The van der Waals surface area contributed by atoms with Crippen LogP contribution in [-0.4, -0.2) is 59.7 Å². The molecule has 0 aliphatic carbocycles. The van der Waals surface area contributed by atoms with Crippen molar-refractivity contribution >= 4 is 49.6 Å². The minimum Gasteiger partial charge on any atom is -0.494 e. The number of hydrogen-bond donors (Lipinski definition) is 1. The number of piperazine rings is 1. The molecule has 10 heteroatoms. The van der Waals surface area contributed by atoms with Crippen LogP contribution in [-0.2, 0) is 4.74 Å². The molecule has 36 heavy (non-hydrogen) atoms. The number of anilines is 3. The summed E-state index contributed by atoms with van der Waals surface area (Å²) >= 11 is 1.27. The van der Waals surface area contributed by atoms with Gasteiger partial charge < -0.3 is 24.6 Å². The van der Waals surface area contributed by atoms with E-state index in [1.54, 1.807) is 17.6 Å². The largest absolute Gasteiger partial charge is 0.494 e. The molecule has 2 aromatic heterocycles. The second-order valence-corrected chi connectivity index (χ2v) is 9.99. The lowest BCUT2D eigenvalue weighted by molar-refractivity contribution is 0.241. The van der Waals surface area contributed by atoms with Crippen LogP contribution in [0.25, 0.3) is 21.1 Å². The number of fused-ring (bicyclic) bond motifs is 2. The summed E-state index contributed by atoms with van der Waals surface area (Å²) in [4.78, 5) is 17.9. The topological polar surface area (TPSA) is 75.6 Å². The highest BCUT2D eigenvalue weighted by Gasteiger charge is 2.21. The van der Waals surface area contributed by atoms with Crippen LogP contribution in [0.5, 0.6) is 5.75 Å². The van der Waals surface area contributed by atoms with Gasteiger partial charge in [-0.1, -0.05) is 0 Å². The number of hydrogen-bond acceptors (Lipinski definition) is 9. The lowest BCUT2D eigenvalue weighted by atomic mass is 10.1. The van der Waals surface area contributed by atoms with Crippen molar-refractivity contribution in [3.05, 3.63) is 53.4 Å². The number of benzene rings is 2. The quantitative estimate of drug-likeness (QED) is 0.366. The summed E-state index contributed by atoms with van der Waals surface area (Å²) in [5, 5.41) is 3.88. The standard InChI is InChI=1S/C26H27FN6O2S/c1-16(21-4-3-11-34-21)35-22-13-17(33-9-7-32(2)8-10-33)12-20-23(22)26(29-14-28-20)31-18-5-6-19-25(24(18)27)36-15-30-19/h5-6,12-15H,3-4,7-11H2,1-2H3,(H,28,29,31)/b21-16-. The number of ether oxygens (including phenoxy) is 2. The molecular weight excluding hydrogens is 479 g/mol. The maximum atomic E-state index is 15.2. The van der Waals surface area contributed by atoms with Crippen molar-refractivity contribution in [2.24, 2.45) is 0 Å². The Balaban J connectivity index is 1.45. The lowest BCUT2D eigenvalue weighted by Crippen LogP contribution is -2.44. The highest BCUT2D eigenvalue weighted by atomic mass is 32.1. The van der Waals surface area contributed by atoms with Gasteiger partial charge in [0.2, 0.25) is 0 Å². The highest BCUT2D eigenvalue weighted by molar-refractivity contribution is 7.16. The molecule has 0 bridgehead atoms. The number of nitrogens with zero attached hydrogens (tertiary/aromatic N) is 5. The molecule has 0 unspecified atom stereocenters. The summed E-state index contributed by atoms with van der Waals surface area (Å²) in [7, 11) is 2.14. The Labute approximate surface area is 212 Å². The van der Waals surface area contributed by atoms with Gasteiger partial charge in [0.05, 0.1) is 38.9 Å². The Bertz CT molecular complexity index is 1460. The Kier molecular flexibility index (Phi) is 6.06. The molecule has 186 valence electrons. The van der Waals surface area contributed by atoms with Crippen molar-refractivity contribution in [2.45, 2.75) is 19.8 Å². The summed E-state index contributed by atoms with van der Waals surface area (Å²) in [6.45, 7) is 6.43. The first-order valence-corrected chi connectivity index (χ1v) is 13.0. The molecule has 0 saturated carbocycles. The van der Waals surface area contributed by atoms with Crippen LogP contribution in [0.2, 0.25) is 0 Å². The molecule has 2 aliphatic rings. The van der Waals surface area contributed by atoms with Gasteiger partial charge in [-0.15, -0.1) is 11.3 Å². The zero-order chi connectivity index (χ0) is 24.6. The van der Waals surface area contributed by atoms with Crippen LogP contribution in [0.15, 0.2) is 47.6 Å². The Morgan fingerprint density at radius 3 is 2.78 bits per heavy atom. The average molecular weight is 507 g/mol. The molecular formula is C26H27FN6O2S. The summed E-state index contributed by atoms with van der Waals surface area (Å²) in [5.74, 6) is 2.32. The fraction of sp³-hybridized carbons (Fsp3) is 0.346. The van der Waals surface area contributed by atoms with Crippen LogP contribution >= 0.6 is 11.3 Å². The first-order chi connectivity index (χ1) is 17.6. The van der Waals surface area contributed by atoms with E-state index in [2.05, 4.69) is 43.2 Å². The van der Waals surface area contributed by atoms with E-state index in [4.69, 9.17) is 9.47 Å². The van der Waals surface area contributed by atoms with Crippen molar-refractivity contribution in [3.8, 4) is 5.75 Å². The van der Waals surface area contributed by atoms with Gasteiger partial charge in [0.25, 0.3) is 0 Å². The maximum absolute atomic E-state index is 15.2. The number of halogens is 1. The molecule has 4 heterocycles. The van der Waals surface area contributed by atoms with Crippen molar-refractivity contribution < 1.29 is 13.9 Å². The second-order valence-electron chi connectivity index (χ2n) is 9.14. The van der Waals surface area contributed by atoms with Crippen LogP contribution in [0.4, 0.5) is 21.6 Å². The van der Waals surface area contributed by atoms with Crippen LogP contribution in [0.3, 0.4) is 0 Å². The van der Waals surface area contributed by atoms with Gasteiger partial charge >= 0.3 is 0 Å². The van der Waals surface area contributed by atoms with E-state index >= 15 is 4.39 Å². The normalized spacial score (nSPS) is 18.0. The molecule has 2 fully saturated rings. The SMILES string of the molecule is C/C(Oc1cc(N2CCN(C)CC2)cc2ncnc(Nc3ccc4ncsc4c3F)c12)=C1\CCCO1. The number of likely N-dealkylation sites (N-methyl/N-ethyl adjacent to an activating group) is 1. The van der Waals surface area contributed by atoms with Crippen LogP contribution in [0, 0.1) is 5.82 Å². The maximum Gasteiger partial charge on any atom is 0.166 e. The molecule has 0 atom stereocenters. The van der Waals surface area contributed by atoms with E-state index in [-0.39, 0.29) is 5.82 Å². The number of thiazole rings is 1. The molecule has 1 N–H and O–H groups in total. The summed E-state index contributed by atoms with van der Waals surface area (Å²) in [5.41, 5.74) is 4.37.